The van der Waals surface area contributed by atoms with Crippen LogP contribution in [0.2, 0.25) is 0 Å². The summed E-state index contributed by atoms with van der Waals surface area (Å²) in [5.41, 5.74) is 1.71. The fourth-order valence-electron chi connectivity index (χ4n) is 3.39. The second-order valence-electron chi connectivity index (χ2n) is 6.71. The van der Waals surface area contributed by atoms with Gasteiger partial charge in [0.2, 0.25) is 0 Å². The number of aliphatic hydroxyl groups excluding tert-OH is 1. The Morgan fingerprint density at radius 2 is 2.14 bits per heavy atom. The van der Waals surface area contributed by atoms with Gasteiger partial charge in [0, 0.05) is 38.4 Å². The molecular formula is C17H27N3O2. The number of nitrogens with zero attached hydrogens (tertiary/aromatic N) is 2. The molecule has 1 aromatic heterocycles. The first-order chi connectivity index (χ1) is 10.7. The van der Waals surface area contributed by atoms with E-state index in [2.05, 4.69) is 16.8 Å². The standard InChI is InChI=1S/C17H27N3O2/c1-2-14-6-7-16(18-14)17(22)20-9-8-19(11-15(21)12-20)10-13-4-3-5-13/h6-7,13,15,18,21H,2-5,8-12H2,1H3. The Balaban J connectivity index is 1.60. The van der Waals surface area contributed by atoms with Crippen LogP contribution in [-0.4, -0.2) is 64.6 Å². The fourth-order valence-corrected chi connectivity index (χ4v) is 3.39. The van der Waals surface area contributed by atoms with Crippen LogP contribution < -0.4 is 0 Å². The average Bonchev–Trinajstić information content (AvgIpc) is 2.86. The third kappa shape index (κ3) is 3.52. The third-order valence-electron chi connectivity index (χ3n) is 4.97. The van der Waals surface area contributed by atoms with E-state index in [1.165, 1.54) is 19.3 Å². The molecule has 1 saturated carbocycles. The maximum atomic E-state index is 12.6. The van der Waals surface area contributed by atoms with Crippen molar-refractivity contribution in [3.05, 3.63) is 23.5 Å². The summed E-state index contributed by atoms with van der Waals surface area (Å²) in [6, 6.07) is 3.81. The molecule has 2 N–H and O–H groups in total. The second-order valence-corrected chi connectivity index (χ2v) is 6.71. The SMILES string of the molecule is CCc1ccc(C(=O)N2CCN(CC3CCC3)CC(O)C2)[nH]1. The number of hydrogen-bond donors (Lipinski definition) is 2. The molecule has 2 fully saturated rings. The Morgan fingerprint density at radius 1 is 1.32 bits per heavy atom. The Morgan fingerprint density at radius 3 is 2.77 bits per heavy atom. The highest BCUT2D eigenvalue weighted by atomic mass is 16.3. The molecule has 1 aliphatic heterocycles. The van der Waals surface area contributed by atoms with Gasteiger partial charge >= 0.3 is 0 Å². The molecule has 0 bridgehead atoms. The Bertz CT molecular complexity index is 510. The van der Waals surface area contributed by atoms with E-state index in [0.29, 0.717) is 25.3 Å². The number of H-pyrrole nitrogens is 1. The van der Waals surface area contributed by atoms with Gasteiger partial charge in [0.1, 0.15) is 5.69 Å². The quantitative estimate of drug-likeness (QED) is 0.886. The molecule has 3 rings (SSSR count). The van der Waals surface area contributed by atoms with Crippen molar-refractivity contribution in [3.8, 4) is 0 Å². The minimum atomic E-state index is -0.452. The zero-order valence-electron chi connectivity index (χ0n) is 13.4. The van der Waals surface area contributed by atoms with Crippen LogP contribution in [0.25, 0.3) is 0 Å². The third-order valence-corrected chi connectivity index (χ3v) is 4.97. The zero-order chi connectivity index (χ0) is 15.5. The van der Waals surface area contributed by atoms with E-state index in [4.69, 9.17) is 0 Å². The Hall–Kier alpha value is -1.33. The van der Waals surface area contributed by atoms with Crippen LogP contribution in [0.4, 0.5) is 0 Å². The topological polar surface area (TPSA) is 59.6 Å². The van der Waals surface area contributed by atoms with Gasteiger partial charge < -0.3 is 15.0 Å². The monoisotopic (exact) mass is 305 g/mol. The van der Waals surface area contributed by atoms with E-state index in [-0.39, 0.29) is 5.91 Å². The van der Waals surface area contributed by atoms with Gasteiger partial charge in [-0.05, 0) is 37.3 Å². The molecule has 1 amide bonds. The number of rotatable bonds is 4. The molecule has 0 aromatic carbocycles. The van der Waals surface area contributed by atoms with Crippen LogP contribution >= 0.6 is 0 Å². The predicted octanol–water partition coefficient (Wildman–Crippen LogP) is 1.50. The number of amides is 1. The van der Waals surface area contributed by atoms with Crippen molar-refractivity contribution in [2.24, 2.45) is 5.92 Å². The number of carbonyl (C=O) groups excluding carboxylic acids is 1. The van der Waals surface area contributed by atoms with Gasteiger partial charge in [-0.25, -0.2) is 0 Å². The molecule has 22 heavy (non-hydrogen) atoms. The Kier molecular flexibility index (Phi) is 4.84. The first kappa shape index (κ1) is 15.6. The number of aromatic nitrogens is 1. The molecule has 2 heterocycles. The van der Waals surface area contributed by atoms with Crippen molar-refractivity contribution in [3.63, 3.8) is 0 Å². The lowest BCUT2D eigenvalue weighted by Gasteiger charge is -2.32. The summed E-state index contributed by atoms with van der Waals surface area (Å²) in [6.45, 7) is 5.81. The number of nitrogens with one attached hydrogen (secondary N) is 1. The van der Waals surface area contributed by atoms with Crippen molar-refractivity contribution in [1.29, 1.82) is 0 Å². The summed E-state index contributed by atoms with van der Waals surface area (Å²) in [5.74, 6) is 0.800. The summed E-state index contributed by atoms with van der Waals surface area (Å²) in [7, 11) is 0. The largest absolute Gasteiger partial charge is 0.390 e. The minimum Gasteiger partial charge on any atom is -0.390 e. The molecule has 1 aliphatic carbocycles. The highest BCUT2D eigenvalue weighted by molar-refractivity contribution is 5.92. The van der Waals surface area contributed by atoms with Crippen molar-refractivity contribution < 1.29 is 9.90 Å². The highest BCUT2D eigenvalue weighted by Gasteiger charge is 2.28. The van der Waals surface area contributed by atoms with Gasteiger partial charge in [-0.2, -0.15) is 0 Å². The van der Waals surface area contributed by atoms with Gasteiger partial charge in [0.05, 0.1) is 6.10 Å². The maximum Gasteiger partial charge on any atom is 0.270 e. The van der Waals surface area contributed by atoms with Crippen molar-refractivity contribution in [1.82, 2.24) is 14.8 Å². The van der Waals surface area contributed by atoms with Gasteiger partial charge in [-0.1, -0.05) is 13.3 Å². The number of carbonyl (C=O) groups is 1. The normalized spacial score (nSPS) is 24.1. The van der Waals surface area contributed by atoms with E-state index in [1.54, 1.807) is 4.90 Å². The molecule has 5 nitrogen and oxygen atoms in total. The molecular weight excluding hydrogens is 278 g/mol. The lowest BCUT2D eigenvalue weighted by Crippen LogP contribution is -2.38. The van der Waals surface area contributed by atoms with Crippen molar-refractivity contribution >= 4 is 5.91 Å². The maximum absolute atomic E-state index is 12.6. The number of aryl methyl sites for hydroxylation is 1. The van der Waals surface area contributed by atoms with Gasteiger partial charge in [0.15, 0.2) is 0 Å². The molecule has 5 heteroatoms. The summed E-state index contributed by atoms with van der Waals surface area (Å²) in [4.78, 5) is 19.9. The fraction of sp³-hybridized carbons (Fsp3) is 0.706. The minimum absolute atomic E-state index is 0.00393. The summed E-state index contributed by atoms with van der Waals surface area (Å²) >= 11 is 0. The predicted molar refractivity (Wildman–Crippen MR) is 85.9 cm³/mol. The Labute approximate surface area is 132 Å². The van der Waals surface area contributed by atoms with Crippen LogP contribution in [-0.2, 0) is 6.42 Å². The molecule has 122 valence electrons. The number of hydrogen-bond acceptors (Lipinski definition) is 3. The molecule has 1 saturated heterocycles. The van der Waals surface area contributed by atoms with Crippen LogP contribution in [0.3, 0.4) is 0 Å². The first-order valence-corrected chi connectivity index (χ1v) is 8.53. The van der Waals surface area contributed by atoms with E-state index in [0.717, 1.165) is 31.1 Å². The summed E-state index contributed by atoms with van der Waals surface area (Å²) in [6.07, 6.45) is 4.42. The number of aliphatic hydroxyl groups is 1. The van der Waals surface area contributed by atoms with E-state index >= 15 is 0 Å². The van der Waals surface area contributed by atoms with Crippen LogP contribution in [0.15, 0.2) is 12.1 Å². The van der Waals surface area contributed by atoms with Crippen LogP contribution in [0, 0.1) is 5.92 Å². The number of aromatic amines is 1. The number of β-amino-alcohol motifs (C(OH)–C–C–N with tert-alkyl or cyclic N) is 1. The summed E-state index contributed by atoms with van der Waals surface area (Å²) < 4.78 is 0. The van der Waals surface area contributed by atoms with E-state index < -0.39 is 6.10 Å². The van der Waals surface area contributed by atoms with Gasteiger partial charge in [-0.3, -0.25) is 9.69 Å². The van der Waals surface area contributed by atoms with E-state index in [1.807, 2.05) is 12.1 Å². The van der Waals surface area contributed by atoms with Crippen molar-refractivity contribution in [2.45, 2.75) is 38.7 Å². The first-order valence-electron chi connectivity index (χ1n) is 8.53. The molecule has 0 radical (unpaired) electrons. The van der Waals surface area contributed by atoms with Crippen molar-refractivity contribution in [2.75, 3.05) is 32.7 Å². The van der Waals surface area contributed by atoms with Gasteiger partial charge in [0.25, 0.3) is 5.91 Å². The average molecular weight is 305 g/mol. The van der Waals surface area contributed by atoms with Gasteiger partial charge in [-0.15, -0.1) is 0 Å². The molecule has 1 unspecified atom stereocenters. The van der Waals surface area contributed by atoms with Crippen LogP contribution in [0.5, 0.6) is 0 Å². The summed E-state index contributed by atoms with van der Waals surface area (Å²) in [5, 5.41) is 10.2. The molecule has 1 aromatic rings. The lowest BCUT2D eigenvalue weighted by atomic mass is 9.85. The second kappa shape index (κ2) is 6.84. The van der Waals surface area contributed by atoms with E-state index in [9.17, 15) is 9.90 Å². The molecule has 2 aliphatic rings. The zero-order valence-corrected chi connectivity index (χ0v) is 13.4. The molecule has 1 atom stereocenters. The highest BCUT2D eigenvalue weighted by Crippen LogP contribution is 2.27. The van der Waals surface area contributed by atoms with Crippen LogP contribution in [0.1, 0.15) is 42.4 Å². The smallest absolute Gasteiger partial charge is 0.270 e. The molecule has 0 spiro atoms. The lowest BCUT2D eigenvalue weighted by molar-refractivity contribution is 0.0653.